The van der Waals surface area contributed by atoms with Crippen LogP contribution in [0.5, 0.6) is 0 Å². The van der Waals surface area contributed by atoms with Crippen LogP contribution < -0.4 is 5.32 Å². The second-order valence-electron chi connectivity index (χ2n) is 10.4. The van der Waals surface area contributed by atoms with Crippen LogP contribution in [-0.4, -0.2) is 31.5 Å². The highest BCUT2D eigenvalue weighted by molar-refractivity contribution is 5.81. The zero-order chi connectivity index (χ0) is 29.0. The normalized spacial score (nSPS) is 12.4. The number of rotatable bonds is 6. The van der Waals surface area contributed by atoms with E-state index in [0.717, 1.165) is 79.9 Å². The Bertz CT molecular complexity index is 1910. The smallest absolute Gasteiger partial charge is 0.0900 e. The summed E-state index contributed by atoms with van der Waals surface area (Å²) in [5.41, 5.74) is 12.2. The lowest BCUT2D eigenvalue weighted by Gasteiger charge is -2.16. The Morgan fingerprint density at radius 1 is 0.512 bits per heavy atom. The van der Waals surface area contributed by atoms with Crippen LogP contribution in [-0.2, 0) is 0 Å². The summed E-state index contributed by atoms with van der Waals surface area (Å²) in [6.07, 6.45) is 11.6. The summed E-state index contributed by atoms with van der Waals surface area (Å²) in [6.45, 7) is 2.90. The summed E-state index contributed by atoms with van der Waals surface area (Å²) < 4.78 is 0. The van der Waals surface area contributed by atoms with E-state index in [-0.39, 0.29) is 0 Å². The fourth-order valence-corrected chi connectivity index (χ4v) is 5.22. The molecular formula is C37H28N6. The Hall–Kier alpha value is -5.75. The van der Waals surface area contributed by atoms with Crippen molar-refractivity contribution in [3.63, 3.8) is 0 Å². The molecule has 1 aromatic carbocycles. The van der Waals surface area contributed by atoms with E-state index in [1.165, 1.54) is 0 Å². The van der Waals surface area contributed by atoms with E-state index in [2.05, 4.69) is 87.9 Å². The van der Waals surface area contributed by atoms with Gasteiger partial charge in [0, 0.05) is 25.1 Å². The van der Waals surface area contributed by atoms with Crippen LogP contribution in [0.1, 0.15) is 11.3 Å². The zero-order valence-electron chi connectivity index (χ0n) is 23.6. The van der Waals surface area contributed by atoms with E-state index in [9.17, 15) is 0 Å². The van der Waals surface area contributed by atoms with Crippen LogP contribution in [0.25, 0.3) is 62.1 Å². The van der Waals surface area contributed by atoms with Gasteiger partial charge in [-0.05, 0) is 108 Å². The van der Waals surface area contributed by atoms with Crippen molar-refractivity contribution in [3.05, 3.63) is 145 Å². The Kier molecular flexibility index (Phi) is 7.07. The Morgan fingerprint density at radius 2 is 0.977 bits per heavy atom. The number of nitrogens with one attached hydrogen (secondary N) is 1. The summed E-state index contributed by atoms with van der Waals surface area (Å²) >= 11 is 0. The molecule has 5 aromatic heterocycles. The lowest BCUT2D eigenvalue weighted by atomic mass is 9.94. The minimum absolute atomic E-state index is 0.768. The molecule has 0 radical (unpaired) electrons. The minimum atomic E-state index is 0.768. The van der Waals surface area contributed by atoms with E-state index in [1.807, 2.05) is 54.6 Å². The van der Waals surface area contributed by atoms with Gasteiger partial charge in [0.2, 0.25) is 0 Å². The largest absolute Gasteiger partial charge is 0.380 e. The molecule has 1 aliphatic heterocycles. The summed E-state index contributed by atoms with van der Waals surface area (Å²) in [5, 5.41) is 3.46. The number of nitrogens with zero attached hydrogens (tertiary/aromatic N) is 5. The quantitative estimate of drug-likeness (QED) is 0.226. The molecule has 6 nitrogen and oxygen atoms in total. The number of allylic oxidation sites excluding steroid dienone is 2. The van der Waals surface area contributed by atoms with Crippen LogP contribution in [0.15, 0.2) is 134 Å². The van der Waals surface area contributed by atoms with Gasteiger partial charge in [0.05, 0.1) is 45.6 Å². The first kappa shape index (κ1) is 26.2. The number of hydrogen-bond donors (Lipinski definition) is 1. The van der Waals surface area contributed by atoms with Crippen molar-refractivity contribution in [1.29, 1.82) is 0 Å². The molecule has 6 aromatic rings. The Balaban J connectivity index is 1.39. The van der Waals surface area contributed by atoms with E-state index in [0.29, 0.717) is 0 Å². The van der Waals surface area contributed by atoms with Gasteiger partial charge in [0.15, 0.2) is 0 Å². The van der Waals surface area contributed by atoms with Gasteiger partial charge in [-0.3, -0.25) is 15.0 Å². The molecular weight excluding hydrogens is 528 g/mol. The maximum Gasteiger partial charge on any atom is 0.0900 e. The van der Waals surface area contributed by atoms with Crippen molar-refractivity contribution >= 4 is 5.70 Å². The first-order valence-corrected chi connectivity index (χ1v) is 14.2. The SMILES string of the molecule is Cc1cc(-c2cc(C3=CC=CCN3)nc(-c3ccccn3)c2)cc(-c2cc(-c3ccccn3)nc(-c3ccccn3)c2)c1. The van der Waals surface area contributed by atoms with E-state index in [1.54, 1.807) is 18.6 Å². The molecule has 6 heteroatoms. The molecule has 1 aliphatic rings. The number of dihydropyridines is 1. The molecule has 1 N–H and O–H groups in total. The van der Waals surface area contributed by atoms with E-state index >= 15 is 0 Å². The van der Waals surface area contributed by atoms with Crippen molar-refractivity contribution in [2.24, 2.45) is 0 Å². The lowest BCUT2D eigenvalue weighted by Crippen LogP contribution is -2.15. The molecule has 0 atom stereocenters. The predicted octanol–water partition coefficient (Wildman–Crippen LogP) is 7.81. The summed E-state index contributed by atoms with van der Waals surface area (Å²) in [5.74, 6) is 0. The molecule has 0 unspecified atom stereocenters. The standard InChI is InChI=1S/C37H28N6/c1-25-18-26(28-21-34(30-10-2-6-14-38-30)42-35(22-28)31-11-3-7-15-39-31)20-27(19-25)29-23-36(32-12-4-8-16-40-32)43-37(24-29)33-13-5-9-17-41-33/h2-16,18-24,41H,17H2,1H3. The highest BCUT2D eigenvalue weighted by atomic mass is 14.9. The first-order chi connectivity index (χ1) is 21.2. The maximum atomic E-state index is 5.00. The average molecular weight is 557 g/mol. The number of benzene rings is 1. The predicted molar refractivity (Wildman–Crippen MR) is 172 cm³/mol. The molecule has 0 amide bonds. The number of hydrogen-bond acceptors (Lipinski definition) is 6. The van der Waals surface area contributed by atoms with Gasteiger partial charge in [0.1, 0.15) is 0 Å². The molecule has 0 fully saturated rings. The van der Waals surface area contributed by atoms with Crippen LogP contribution in [0, 0.1) is 6.92 Å². The maximum absolute atomic E-state index is 5.00. The highest BCUT2D eigenvalue weighted by Gasteiger charge is 2.15. The van der Waals surface area contributed by atoms with E-state index < -0.39 is 0 Å². The molecule has 7 rings (SSSR count). The lowest BCUT2D eigenvalue weighted by molar-refractivity contribution is 0.981. The molecule has 0 bridgehead atoms. The number of aryl methyl sites for hydroxylation is 1. The van der Waals surface area contributed by atoms with Crippen molar-refractivity contribution in [2.75, 3.05) is 6.54 Å². The van der Waals surface area contributed by atoms with Crippen molar-refractivity contribution in [2.45, 2.75) is 6.92 Å². The fraction of sp³-hybridized carbons (Fsp3) is 0.0541. The van der Waals surface area contributed by atoms with Crippen LogP contribution in [0.2, 0.25) is 0 Å². The number of pyridine rings is 5. The first-order valence-electron chi connectivity index (χ1n) is 14.2. The Morgan fingerprint density at radius 3 is 1.42 bits per heavy atom. The molecule has 43 heavy (non-hydrogen) atoms. The number of aromatic nitrogens is 5. The Labute approximate surface area is 250 Å². The molecule has 0 saturated heterocycles. The van der Waals surface area contributed by atoms with E-state index in [4.69, 9.17) is 9.97 Å². The summed E-state index contributed by atoms with van der Waals surface area (Å²) in [7, 11) is 0. The molecule has 0 saturated carbocycles. The van der Waals surface area contributed by atoms with Crippen LogP contribution in [0.4, 0.5) is 0 Å². The van der Waals surface area contributed by atoms with Gasteiger partial charge in [-0.25, -0.2) is 9.97 Å². The third-order valence-electron chi connectivity index (χ3n) is 7.26. The summed E-state index contributed by atoms with van der Waals surface area (Å²) in [4.78, 5) is 23.7. The second kappa shape index (κ2) is 11.6. The average Bonchev–Trinajstić information content (AvgIpc) is 3.09. The van der Waals surface area contributed by atoms with Gasteiger partial charge in [-0.1, -0.05) is 42.5 Å². The minimum Gasteiger partial charge on any atom is -0.380 e. The third-order valence-corrected chi connectivity index (χ3v) is 7.26. The van der Waals surface area contributed by atoms with Crippen molar-refractivity contribution < 1.29 is 0 Å². The van der Waals surface area contributed by atoms with Gasteiger partial charge in [-0.2, -0.15) is 0 Å². The highest BCUT2D eigenvalue weighted by Crippen LogP contribution is 2.34. The van der Waals surface area contributed by atoms with Gasteiger partial charge in [0.25, 0.3) is 0 Å². The van der Waals surface area contributed by atoms with Gasteiger partial charge < -0.3 is 5.32 Å². The molecule has 206 valence electrons. The monoisotopic (exact) mass is 556 g/mol. The zero-order valence-corrected chi connectivity index (χ0v) is 23.6. The topological polar surface area (TPSA) is 76.5 Å². The second-order valence-corrected chi connectivity index (χ2v) is 10.4. The van der Waals surface area contributed by atoms with Crippen molar-refractivity contribution in [3.8, 4) is 56.4 Å². The van der Waals surface area contributed by atoms with Gasteiger partial charge in [-0.15, -0.1) is 0 Å². The van der Waals surface area contributed by atoms with Crippen LogP contribution >= 0.6 is 0 Å². The fourth-order valence-electron chi connectivity index (χ4n) is 5.22. The molecule has 0 aliphatic carbocycles. The summed E-state index contributed by atoms with van der Waals surface area (Å²) in [6, 6.07) is 32.8. The molecule has 6 heterocycles. The third kappa shape index (κ3) is 5.72. The molecule has 0 spiro atoms. The van der Waals surface area contributed by atoms with Crippen molar-refractivity contribution in [1.82, 2.24) is 30.2 Å². The van der Waals surface area contributed by atoms with Gasteiger partial charge >= 0.3 is 0 Å². The van der Waals surface area contributed by atoms with Crippen LogP contribution in [0.3, 0.4) is 0 Å².